The number of ether oxygens (including phenoxy) is 1. The first-order valence-corrected chi connectivity index (χ1v) is 9.10. The molecule has 0 bridgehead atoms. The maximum atomic E-state index is 12.8. The number of carbonyl (C=O) groups excluding carboxylic acids is 1. The van der Waals surface area contributed by atoms with E-state index in [-0.39, 0.29) is 11.8 Å². The summed E-state index contributed by atoms with van der Waals surface area (Å²) in [5, 5.41) is 8.87. The first-order chi connectivity index (χ1) is 13.1. The second-order valence-electron chi connectivity index (χ2n) is 6.78. The smallest absolute Gasteiger partial charge is 0.225 e. The van der Waals surface area contributed by atoms with Gasteiger partial charge in [-0.05, 0) is 31.0 Å². The van der Waals surface area contributed by atoms with E-state index in [2.05, 4.69) is 16.0 Å². The van der Waals surface area contributed by atoms with E-state index in [0.29, 0.717) is 12.1 Å². The first-order valence-electron chi connectivity index (χ1n) is 9.10. The van der Waals surface area contributed by atoms with Gasteiger partial charge in [-0.2, -0.15) is 5.26 Å². The van der Waals surface area contributed by atoms with Crippen molar-refractivity contribution >= 4 is 11.7 Å². The molecule has 0 spiro atoms. The highest BCUT2D eigenvalue weighted by Gasteiger charge is 2.28. The van der Waals surface area contributed by atoms with Crippen LogP contribution in [0.3, 0.4) is 0 Å². The molecule has 2 aromatic rings. The molecular weight excluding hydrogens is 340 g/mol. The molecule has 0 unspecified atom stereocenters. The van der Waals surface area contributed by atoms with Crippen LogP contribution in [0.2, 0.25) is 0 Å². The van der Waals surface area contributed by atoms with E-state index in [0.717, 1.165) is 43.1 Å². The molecule has 27 heavy (non-hydrogen) atoms. The number of hydrogen-bond donors (Lipinski definition) is 0. The van der Waals surface area contributed by atoms with Crippen LogP contribution in [0.4, 0.5) is 5.82 Å². The molecule has 1 aliphatic heterocycles. The van der Waals surface area contributed by atoms with Crippen molar-refractivity contribution in [2.24, 2.45) is 5.92 Å². The van der Waals surface area contributed by atoms with Gasteiger partial charge < -0.3 is 14.5 Å². The van der Waals surface area contributed by atoms with Crippen LogP contribution in [0.15, 0.2) is 42.6 Å². The zero-order chi connectivity index (χ0) is 19.2. The Morgan fingerprint density at radius 3 is 2.67 bits per heavy atom. The Morgan fingerprint density at radius 1 is 1.30 bits per heavy atom. The summed E-state index contributed by atoms with van der Waals surface area (Å²) in [5.41, 5.74) is 1.57. The van der Waals surface area contributed by atoms with Crippen LogP contribution in [0, 0.1) is 17.2 Å². The number of aromatic nitrogens is 1. The van der Waals surface area contributed by atoms with Crippen LogP contribution >= 0.6 is 0 Å². The molecule has 0 saturated carbocycles. The van der Waals surface area contributed by atoms with Gasteiger partial charge in [0.15, 0.2) is 0 Å². The van der Waals surface area contributed by atoms with E-state index in [9.17, 15) is 4.79 Å². The molecule has 1 aliphatic rings. The summed E-state index contributed by atoms with van der Waals surface area (Å²) < 4.78 is 5.38. The number of rotatable bonds is 5. The largest absolute Gasteiger partial charge is 0.496 e. The molecule has 1 saturated heterocycles. The summed E-state index contributed by atoms with van der Waals surface area (Å²) >= 11 is 0. The minimum absolute atomic E-state index is 0.0272. The van der Waals surface area contributed by atoms with Crippen molar-refractivity contribution in [3.63, 3.8) is 0 Å². The number of anilines is 1. The van der Waals surface area contributed by atoms with Crippen molar-refractivity contribution in [2.45, 2.75) is 19.4 Å². The maximum Gasteiger partial charge on any atom is 0.225 e. The lowest BCUT2D eigenvalue weighted by Gasteiger charge is -2.34. The summed E-state index contributed by atoms with van der Waals surface area (Å²) in [7, 11) is 3.50. The van der Waals surface area contributed by atoms with Crippen molar-refractivity contribution in [1.82, 2.24) is 9.88 Å². The fourth-order valence-corrected chi connectivity index (χ4v) is 3.47. The molecule has 1 aromatic carbocycles. The van der Waals surface area contributed by atoms with Crippen molar-refractivity contribution in [3.8, 4) is 11.8 Å². The molecule has 0 radical (unpaired) electrons. The highest BCUT2D eigenvalue weighted by molar-refractivity contribution is 5.79. The second kappa shape index (κ2) is 8.54. The van der Waals surface area contributed by atoms with Gasteiger partial charge in [-0.15, -0.1) is 0 Å². The van der Waals surface area contributed by atoms with Crippen molar-refractivity contribution in [3.05, 3.63) is 53.7 Å². The molecule has 140 valence electrons. The zero-order valence-electron chi connectivity index (χ0n) is 15.8. The predicted octanol–water partition coefficient (Wildman–Crippen LogP) is 2.84. The van der Waals surface area contributed by atoms with Gasteiger partial charge in [0.05, 0.1) is 12.7 Å². The normalized spacial score (nSPS) is 14.5. The molecule has 6 nitrogen and oxygen atoms in total. The van der Waals surface area contributed by atoms with Crippen LogP contribution < -0.4 is 9.64 Å². The molecule has 6 heteroatoms. The van der Waals surface area contributed by atoms with Gasteiger partial charge in [0.25, 0.3) is 0 Å². The average Bonchev–Trinajstić information content (AvgIpc) is 2.73. The number of nitriles is 1. The lowest BCUT2D eigenvalue weighted by Crippen LogP contribution is -2.41. The van der Waals surface area contributed by atoms with Gasteiger partial charge in [0, 0.05) is 44.4 Å². The Bertz CT molecular complexity index is 821. The molecule has 0 N–H and O–H groups in total. The van der Waals surface area contributed by atoms with Crippen LogP contribution in [0.5, 0.6) is 5.75 Å². The van der Waals surface area contributed by atoms with Gasteiger partial charge in [-0.25, -0.2) is 4.98 Å². The Balaban J connectivity index is 1.56. The highest BCUT2D eigenvalue weighted by atomic mass is 16.5. The monoisotopic (exact) mass is 364 g/mol. The Kier molecular flexibility index (Phi) is 5.92. The topological polar surface area (TPSA) is 69.5 Å². The number of benzene rings is 1. The predicted molar refractivity (Wildman–Crippen MR) is 103 cm³/mol. The number of methoxy groups -OCH3 is 1. The van der Waals surface area contributed by atoms with Crippen molar-refractivity contribution < 1.29 is 9.53 Å². The maximum absolute atomic E-state index is 12.8. The minimum Gasteiger partial charge on any atom is -0.496 e. The number of para-hydroxylation sites is 1. The van der Waals surface area contributed by atoms with E-state index >= 15 is 0 Å². The number of nitrogens with zero attached hydrogens (tertiary/aromatic N) is 4. The fraction of sp³-hybridized carbons (Fsp3) is 0.381. The third-order valence-corrected chi connectivity index (χ3v) is 5.02. The SMILES string of the molecule is COc1ccccc1CN(C)C(=O)C1CCN(c2ccc(C#N)cn2)CC1. The first kappa shape index (κ1) is 18.7. The summed E-state index contributed by atoms with van der Waals surface area (Å²) in [4.78, 5) is 21.2. The lowest BCUT2D eigenvalue weighted by molar-refractivity contribution is -0.135. The molecule has 3 rings (SSSR count). The molecule has 0 aliphatic carbocycles. The highest BCUT2D eigenvalue weighted by Crippen LogP contribution is 2.25. The average molecular weight is 364 g/mol. The molecule has 0 atom stereocenters. The minimum atomic E-state index is 0.0272. The van der Waals surface area contributed by atoms with E-state index in [1.54, 1.807) is 24.3 Å². The van der Waals surface area contributed by atoms with Crippen molar-refractivity contribution in [1.29, 1.82) is 5.26 Å². The van der Waals surface area contributed by atoms with Gasteiger partial charge >= 0.3 is 0 Å². The molecule has 1 aromatic heterocycles. The number of piperidine rings is 1. The van der Waals surface area contributed by atoms with Gasteiger partial charge in [0.2, 0.25) is 5.91 Å². The molecular formula is C21H24N4O2. The van der Waals surface area contributed by atoms with Gasteiger partial charge in [-0.3, -0.25) is 4.79 Å². The molecule has 1 amide bonds. The van der Waals surface area contributed by atoms with Crippen molar-refractivity contribution in [2.75, 3.05) is 32.1 Å². The van der Waals surface area contributed by atoms with E-state index in [1.807, 2.05) is 37.4 Å². The summed E-state index contributed by atoms with van der Waals surface area (Å²) in [6.07, 6.45) is 3.20. The van der Waals surface area contributed by atoms with Crippen LogP contribution in [-0.4, -0.2) is 43.0 Å². The third kappa shape index (κ3) is 4.37. The third-order valence-electron chi connectivity index (χ3n) is 5.02. The van der Waals surface area contributed by atoms with Crippen LogP contribution in [-0.2, 0) is 11.3 Å². The van der Waals surface area contributed by atoms with E-state index in [4.69, 9.17) is 10.00 Å². The van der Waals surface area contributed by atoms with Crippen LogP contribution in [0.25, 0.3) is 0 Å². The molecule has 2 heterocycles. The Hall–Kier alpha value is -3.07. The number of amides is 1. The Labute approximate surface area is 160 Å². The summed E-state index contributed by atoms with van der Waals surface area (Å²) in [5.74, 6) is 1.87. The number of pyridine rings is 1. The van der Waals surface area contributed by atoms with E-state index < -0.39 is 0 Å². The lowest BCUT2D eigenvalue weighted by atomic mass is 9.95. The quantitative estimate of drug-likeness (QED) is 0.816. The summed E-state index contributed by atoms with van der Waals surface area (Å²) in [6.45, 7) is 2.12. The Morgan fingerprint density at radius 2 is 2.04 bits per heavy atom. The van der Waals surface area contributed by atoms with Gasteiger partial charge in [0.1, 0.15) is 17.6 Å². The standard InChI is InChI=1S/C21H24N4O2/c1-24(15-18-5-3-4-6-19(18)27-2)21(26)17-9-11-25(12-10-17)20-8-7-16(13-22)14-23-20/h3-8,14,17H,9-12,15H2,1-2H3. The number of hydrogen-bond acceptors (Lipinski definition) is 5. The zero-order valence-corrected chi connectivity index (χ0v) is 15.8. The van der Waals surface area contributed by atoms with Gasteiger partial charge in [-0.1, -0.05) is 18.2 Å². The summed E-state index contributed by atoms with van der Waals surface area (Å²) in [6, 6.07) is 13.5. The second-order valence-corrected chi connectivity index (χ2v) is 6.78. The molecule has 1 fully saturated rings. The van der Waals surface area contributed by atoms with E-state index in [1.165, 1.54) is 0 Å². The fourth-order valence-electron chi connectivity index (χ4n) is 3.47. The number of carbonyl (C=O) groups is 1. The van der Waals surface area contributed by atoms with Crippen LogP contribution in [0.1, 0.15) is 24.0 Å².